The molecule has 0 saturated carbocycles. The van der Waals surface area contributed by atoms with Gasteiger partial charge in [-0.2, -0.15) is 0 Å². The molecule has 1 aliphatic heterocycles. The Labute approximate surface area is 167 Å². The molecule has 0 spiro atoms. The maximum Gasteiger partial charge on any atom is 0.335 e. The monoisotopic (exact) mass is 384 g/mol. The van der Waals surface area contributed by atoms with Crippen LogP contribution in [0.4, 0.5) is 0 Å². The van der Waals surface area contributed by atoms with Gasteiger partial charge in [0.25, 0.3) is 0 Å². The van der Waals surface area contributed by atoms with Gasteiger partial charge in [-0.1, -0.05) is 103 Å². The molecule has 1 saturated heterocycles. The number of unbranched alkanes of at least 4 members (excludes halogenated alkanes) is 14. The summed E-state index contributed by atoms with van der Waals surface area (Å²) in [6, 6.07) is 0. The SMILES string of the molecule is CCCCCCCCCCCCCCCCC[C@@H]1OC(C)(C)O[C@@H]1C(=O)O. The summed E-state index contributed by atoms with van der Waals surface area (Å²) in [4.78, 5) is 11.3. The highest BCUT2D eigenvalue weighted by Gasteiger charge is 2.44. The van der Waals surface area contributed by atoms with Crippen LogP contribution in [-0.2, 0) is 14.3 Å². The summed E-state index contributed by atoms with van der Waals surface area (Å²) in [6.07, 6.45) is 19.7. The molecule has 0 aromatic rings. The zero-order valence-electron chi connectivity index (χ0n) is 18.1. The zero-order chi connectivity index (χ0) is 20.0. The number of ether oxygens (including phenoxy) is 2. The summed E-state index contributed by atoms with van der Waals surface area (Å²) < 4.78 is 11.2. The molecule has 0 aliphatic carbocycles. The summed E-state index contributed by atoms with van der Waals surface area (Å²) in [6.45, 7) is 5.85. The van der Waals surface area contributed by atoms with Crippen molar-refractivity contribution in [1.82, 2.24) is 0 Å². The number of rotatable bonds is 17. The van der Waals surface area contributed by atoms with E-state index in [-0.39, 0.29) is 6.10 Å². The number of hydrogen-bond donors (Lipinski definition) is 1. The van der Waals surface area contributed by atoms with Gasteiger partial charge in [0.1, 0.15) is 0 Å². The lowest BCUT2D eigenvalue weighted by molar-refractivity contribution is -0.165. The number of carbonyl (C=O) groups is 1. The second-order valence-corrected chi connectivity index (χ2v) is 8.67. The van der Waals surface area contributed by atoms with E-state index in [4.69, 9.17) is 9.47 Å². The highest BCUT2D eigenvalue weighted by molar-refractivity contribution is 5.73. The van der Waals surface area contributed by atoms with Crippen LogP contribution in [0.25, 0.3) is 0 Å². The van der Waals surface area contributed by atoms with Gasteiger partial charge in [0.05, 0.1) is 6.10 Å². The molecule has 0 amide bonds. The Bertz CT molecular complexity index is 381. The lowest BCUT2D eigenvalue weighted by Crippen LogP contribution is -2.31. The molecular formula is C23H44O4. The van der Waals surface area contributed by atoms with Gasteiger partial charge in [0.15, 0.2) is 11.9 Å². The van der Waals surface area contributed by atoms with Crippen LogP contribution in [-0.4, -0.2) is 29.1 Å². The zero-order valence-corrected chi connectivity index (χ0v) is 18.1. The van der Waals surface area contributed by atoms with E-state index in [9.17, 15) is 9.90 Å². The van der Waals surface area contributed by atoms with Crippen LogP contribution in [0.2, 0.25) is 0 Å². The van der Waals surface area contributed by atoms with Crippen molar-refractivity contribution in [1.29, 1.82) is 0 Å². The second kappa shape index (κ2) is 14.4. The minimum absolute atomic E-state index is 0.306. The number of hydrogen-bond acceptors (Lipinski definition) is 3. The van der Waals surface area contributed by atoms with Gasteiger partial charge in [-0.05, 0) is 20.3 Å². The average Bonchev–Trinajstić information content (AvgIpc) is 2.93. The Kier molecular flexibility index (Phi) is 13.0. The smallest absolute Gasteiger partial charge is 0.335 e. The first kappa shape index (κ1) is 24.4. The van der Waals surface area contributed by atoms with Crippen LogP contribution in [0.3, 0.4) is 0 Å². The highest BCUT2D eigenvalue weighted by atomic mass is 16.8. The van der Waals surface area contributed by atoms with Crippen molar-refractivity contribution < 1.29 is 19.4 Å². The summed E-state index contributed by atoms with van der Waals surface area (Å²) in [5.74, 6) is -1.69. The van der Waals surface area contributed by atoms with E-state index in [1.165, 1.54) is 83.5 Å². The molecule has 0 unspecified atom stereocenters. The van der Waals surface area contributed by atoms with Crippen molar-refractivity contribution in [2.24, 2.45) is 0 Å². The minimum atomic E-state index is -0.911. The molecule has 4 heteroatoms. The first-order valence-corrected chi connectivity index (χ1v) is 11.5. The molecule has 27 heavy (non-hydrogen) atoms. The van der Waals surface area contributed by atoms with Crippen molar-refractivity contribution in [2.45, 2.75) is 141 Å². The maximum atomic E-state index is 11.3. The van der Waals surface area contributed by atoms with E-state index in [1.807, 2.05) is 0 Å². The lowest BCUT2D eigenvalue weighted by Gasteiger charge is -2.16. The van der Waals surface area contributed by atoms with Gasteiger partial charge >= 0.3 is 5.97 Å². The van der Waals surface area contributed by atoms with Crippen molar-refractivity contribution in [3.05, 3.63) is 0 Å². The van der Waals surface area contributed by atoms with Gasteiger partial charge in [-0.3, -0.25) is 0 Å². The fourth-order valence-electron chi connectivity index (χ4n) is 3.97. The van der Waals surface area contributed by atoms with Crippen molar-refractivity contribution in [2.75, 3.05) is 0 Å². The first-order valence-electron chi connectivity index (χ1n) is 11.5. The summed E-state index contributed by atoms with van der Waals surface area (Å²) in [7, 11) is 0. The molecule has 4 nitrogen and oxygen atoms in total. The third kappa shape index (κ3) is 11.7. The molecule has 0 bridgehead atoms. The molecule has 2 atom stereocenters. The third-order valence-corrected chi connectivity index (χ3v) is 5.52. The summed E-state index contributed by atoms with van der Waals surface area (Å²) >= 11 is 0. The number of aliphatic carboxylic acids is 1. The Morgan fingerprint density at radius 3 is 1.56 bits per heavy atom. The Morgan fingerprint density at radius 1 is 0.741 bits per heavy atom. The molecule has 1 N–H and O–H groups in total. The molecule has 0 radical (unpaired) electrons. The molecule has 160 valence electrons. The third-order valence-electron chi connectivity index (χ3n) is 5.52. The predicted octanol–water partition coefficient (Wildman–Crippen LogP) is 6.85. The molecule has 0 aromatic carbocycles. The number of carboxylic acid groups (broad SMARTS) is 1. The van der Waals surface area contributed by atoms with Gasteiger partial charge in [0, 0.05) is 0 Å². The summed E-state index contributed by atoms with van der Waals surface area (Å²) in [5.41, 5.74) is 0. The van der Waals surface area contributed by atoms with E-state index in [0.29, 0.717) is 0 Å². The van der Waals surface area contributed by atoms with E-state index in [1.54, 1.807) is 13.8 Å². The lowest BCUT2D eigenvalue weighted by atomic mass is 10.0. The number of carboxylic acids is 1. The molecule has 0 aromatic heterocycles. The van der Waals surface area contributed by atoms with Gasteiger partial charge in [-0.15, -0.1) is 0 Å². The molecule has 1 fully saturated rings. The van der Waals surface area contributed by atoms with Crippen LogP contribution in [0.1, 0.15) is 124 Å². The van der Waals surface area contributed by atoms with E-state index in [0.717, 1.165) is 19.3 Å². The molecule has 1 rings (SSSR count). The molecule has 1 aliphatic rings. The minimum Gasteiger partial charge on any atom is -0.479 e. The molecule has 1 heterocycles. The van der Waals surface area contributed by atoms with Crippen LogP contribution in [0.5, 0.6) is 0 Å². The Hall–Kier alpha value is -0.610. The maximum absolute atomic E-state index is 11.3. The van der Waals surface area contributed by atoms with Gasteiger partial charge < -0.3 is 14.6 Å². The standard InChI is InChI=1S/C23H44O4/c1-4-5-6-7-8-9-10-11-12-13-14-15-16-17-18-19-20-21(22(24)25)27-23(2,3)26-20/h20-21H,4-19H2,1-3H3,(H,24,25)/t20-,21-/m0/s1. The van der Waals surface area contributed by atoms with Crippen molar-refractivity contribution >= 4 is 5.97 Å². The van der Waals surface area contributed by atoms with Crippen LogP contribution in [0.15, 0.2) is 0 Å². The Morgan fingerprint density at radius 2 is 1.15 bits per heavy atom. The fourth-order valence-corrected chi connectivity index (χ4v) is 3.97. The van der Waals surface area contributed by atoms with Gasteiger partial charge in [0.2, 0.25) is 0 Å². The average molecular weight is 385 g/mol. The predicted molar refractivity (Wildman–Crippen MR) is 111 cm³/mol. The van der Waals surface area contributed by atoms with Crippen LogP contribution in [0, 0.1) is 0 Å². The highest BCUT2D eigenvalue weighted by Crippen LogP contribution is 2.31. The van der Waals surface area contributed by atoms with Crippen molar-refractivity contribution in [3.8, 4) is 0 Å². The second-order valence-electron chi connectivity index (χ2n) is 8.67. The van der Waals surface area contributed by atoms with Crippen molar-refractivity contribution in [3.63, 3.8) is 0 Å². The Balaban J connectivity index is 1.87. The van der Waals surface area contributed by atoms with E-state index in [2.05, 4.69) is 6.92 Å². The molecular weight excluding hydrogens is 340 g/mol. The topological polar surface area (TPSA) is 55.8 Å². The van der Waals surface area contributed by atoms with Gasteiger partial charge in [-0.25, -0.2) is 4.79 Å². The summed E-state index contributed by atoms with van der Waals surface area (Å²) in [5, 5.41) is 9.24. The van der Waals surface area contributed by atoms with E-state index < -0.39 is 17.9 Å². The largest absolute Gasteiger partial charge is 0.479 e. The fraction of sp³-hybridized carbons (Fsp3) is 0.957. The van der Waals surface area contributed by atoms with Crippen LogP contribution >= 0.6 is 0 Å². The first-order chi connectivity index (χ1) is 13.0. The quantitative estimate of drug-likeness (QED) is 0.278. The van der Waals surface area contributed by atoms with Crippen LogP contribution < -0.4 is 0 Å². The normalized spacial score (nSPS) is 21.6. The van der Waals surface area contributed by atoms with E-state index >= 15 is 0 Å².